The Kier molecular flexibility index (Phi) is 7.09. The maximum absolute atomic E-state index is 13.2. The van der Waals surface area contributed by atoms with Crippen LogP contribution in [0.4, 0.5) is 4.39 Å². The Morgan fingerprint density at radius 2 is 1.96 bits per heavy atom. The first-order valence-electron chi connectivity index (χ1n) is 8.02. The number of amides is 1. The van der Waals surface area contributed by atoms with Gasteiger partial charge in [-0.05, 0) is 42.1 Å². The zero-order chi connectivity index (χ0) is 18.2. The van der Waals surface area contributed by atoms with Crippen molar-refractivity contribution >= 4 is 23.2 Å². The normalized spacial score (nSPS) is 12.1. The number of benzene rings is 1. The fourth-order valence-corrected chi connectivity index (χ4v) is 3.36. The molecule has 0 aliphatic rings. The van der Waals surface area contributed by atoms with E-state index in [-0.39, 0.29) is 30.9 Å². The standard InChI is InChI=1S/C18H21FN2O3S/c1-2-9-21(12-17(23)24)11-16(22)20-18(15-4-3-10-25-15)13-5-7-14(19)8-6-13/h3-8,10,18H,2,9,11-12H2,1H3,(H,20,22)(H,23,24). The second-order valence-electron chi connectivity index (χ2n) is 5.67. The molecule has 0 saturated carbocycles. The minimum absolute atomic E-state index is 0.00318. The number of carbonyl (C=O) groups is 2. The van der Waals surface area contributed by atoms with Crippen LogP contribution in [0.1, 0.15) is 29.8 Å². The Bertz CT molecular complexity index is 689. The van der Waals surface area contributed by atoms with Gasteiger partial charge in [-0.2, -0.15) is 0 Å². The molecular formula is C18H21FN2O3S. The third-order valence-corrected chi connectivity index (χ3v) is 4.54. The molecule has 0 fully saturated rings. The van der Waals surface area contributed by atoms with Gasteiger partial charge in [-0.25, -0.2) is 4.39 Å². The van der Waals surface area contributed by atoms with Gasteiger partial charge in [0.25, 0.3) is 0 Å². The quantitative estimate of drug-likeness (QED) is 0.718. The van der Waals surface area contributed by atoms with E-state index < -0.39 is 5.97 Å². The van der Waals surface area contributed by atoms with Crippen molar-refractivity contribution in [3.63, 3.8) is 0 Å². The van der Waals surface area contributed by atoms with Crippen LogP contribution in [-0.2, 0) is 9.59 Å². The van der Waals surface area contributed by atoms with E-state index >= 15 is 0 Å². The molecule has 1 aromatic carbocycles. The molecular weight excluding hydrogens is 343 g/mol. The van der Waals surface area contributed by atoms with Gasteiger partial charge < -0.3 is 10.4 Å². The van der Waals surface area contributed by atoms with Gasteiger partial charge in [0, 0.05) is 4.88 Å². The fourth-order valence-electron chi connectivity index (χ4n) is 2.56. The Hall–Kier alpha value is -2.25. The number of carboxylic acid groups (broad SMARTS) is 1. The molecule has 2 aromatic rings. The summed E-state index contributed by atoms with van der Waals surface area (Å²) in [5, 5.41) is 13.8. The van der Waals surface area contributed by atoms with E-state index in [0.717, 1.165) is 16.9 Å². The molecule has 2 N–H and O–H groups in total. The molecule has 0 aliphatic heterocycles. The van der Waals surface area contributed by atoms with Gasteiger partial charge in [-0.3, -0.25) is 14.5 Å². The molecule has 0 saturated heterocycles. The maximum Gasteiger partial charge on any atom is 0.317 e. The van der Waals surface area contributed by atoms with Crippen LogP contribution in [0.25, 0.3) is 0 Å². The molecule has 0 spiro atoms. The second-order valence-corrected chi connectivity index (χ2v) is 6.65. The summed E-state index contributed by atoms with van der Waals surface area (Å²) in [5.74, 6) is -1.57. The van der Waals surface area contributed by atoms with Gasteiger partial charge in [0.1, 0.15) is 5.82 Å². The summed E-state index contributed by atoms with van der Waals surface area (Å²) in [7, 11) is 0. The van der Waals surface area contributed by atoms with Crippen LogP contribution in [0.3, 0.4) is 0 Å². The van der Waals surface area contributed by atoms with Crippen LogP contribution >= 0.6 is 11.3 Å². The molecule has 1 unspecified atom stereocenters. The van der Waals surface area contributed by atoms with Crippen molar-refractivity contribution in [1.82, 2.24) is 10.2 Å². The molecule has 134 valence electrons. The molecule has 0 aliphatic carbocycles. The van der Waals surface area contributed by atoms with Crippen LogP contribution in [0.15, 0.2) is 41.8 Å². The van der Waals surface area contributed by atoms with Gasteiger partial charge in [-0.1, -0.05) is 25.1 Å². The van der Waals surface area contributed by atoms with E-state index in [1.54, 1.807) is 17.0 Å². The predicted molar refractivity (Wildman–Crippen MR) is 95.1 cm³/mol. The predicted octanol–water partition coefficient (Wildman–Crippen LogP) is 2.89. The van der Waals surface area contributed by atoms with Crippen molar-refractivity contribution in [3.8, 4) is 0 Å². The first-order valence-corrected chi connectivity index (χ1v) is 8.90. The molecule has 5 nitrogen and oxygen atoms in total. The largest absolute Gasteiger partial charge is 0.480 e. The van der Waals surface area contributed by atoms with Gasteiger partial charge >= 0.3 is 5.97 Å². The van der Waals surface area contributed by atoms with Crippen molar-refractivity contribution in [2.75, 3.05) is 19.6 Å². The summed E-state index contributed by atoms with van der Waals surface area (Å²) in [4.78, 5) is 25.9. The van der Waals surface area contributed by atoms with Crippen molar-refractivity contribution in [3.05, 3.63) is 58.0 Å². The summed E-state index contributed by atoms with van der Waals surface area (Å²) < 4.78 is 13.2. The number of rotatable bonds is 9. The molecule has 1 amide bonds. The molecule has 0 bridgehead atoms. The second kappa shape index (κ2) is 9.29. The fraction of sp³-hybridized carbons (Fsp3) is 0.333. The number of nitrogens with one attached hydrogen (secondary N) is 1. The zero-order valence-electron chi connectivity index (χ0n) is 13.9. The number of halogens is 1. The summed E-state index contributed by atoms with van der Waals surface area (Å²) in [6.07, 6.45) is 0.757. The smallest absolute Gasteiger partial charge is 0.317 e. The molecule has 1 atom stereocenters. The summed E-state index contributed by atoms with van der Waals surface area (Å²) in [6.45, 7) is 2.28. The van der Waals surface area contributed by atoms with Crippen molar-refractivity contribution in [1.29, 1.82) is 0 Å². The highest BCUT2D eigenvalue weighted by molar-refractivity contribution is 7.10. The average molecular weight is 364 g/mol. The number of nitrogens with zero attached hydrogens (tertiary/aromatic N) is 1. The highest BCUT2D eigenvalue weighted by Gasteiger charge is 2.20. The lowest BCUT2D eigenvalue weighted by Crippen LogP contribution is -2.41. The van der Waals surface area contributed by atoms with E-state index in [4.69, 9.17) is 5.11 Å². The highest BCUT2D eigenvalue weighted by atomic mass is 32.1. The van der Waals surface area contributed by atoms with Crippen LogP contribution in [0.2, 0.25) is 0 Å². The molecule has 7 heteroatoms. The number of hydrogen-bond donors (Lipinski definition) is 2. The summed E-state index contributed by atoms with van der Waals surface area (Å²) in [5.41, 5.74) is 0.775. The van der Waals surface area contributed by atoms with Crippen molar-refractivity contribution < 1.29 is 19.1 Å². The van der Waals surface area contributed by atoms with Gasteiger partial charge in [0.15, 0.2) is 0 Å². The number of carboxylic acids is 1. The Morgan fingerprint density at radius 3 is 2.52 bits per heavy atom. The van der Waals surface area contributed by atoms with Crippen molar-refractivity contribution in [2.24, 2.45) is 0 Å². The highest BCUT2D eigenvalue weighted by Crippen LogP contribution is 2.26. The SMILES string of the molecule is CCCN(CC(=O)O)CC(=O)NC(c1ccc(F)cc1)c1cccs1. The first kappa shape index (κ1) is 19.1. The number of aliphatic carboxylic acids is 1. The molecule has 25 heavy (non-hydrogen) atoms. The third kappa shape index (κ3) is 5.95. The van der Waals surface area contributed by atoms with Gasteiger partial charge in [-0.15, -0.1) is 11.3 Å². The summed E-state index contributed by atoms with van der Waals surface area (Å²) >= 11 is 1.50. The van der Waals surface area contributed by atoms with E-state index in [1.165, 1.54) is 23.5 Å². The lowest BCUT2D eigenvalue weighted by Gasteiger charge is -2.22. The third-order valence-electron chi connectivity index (χ3n) is 3.60. The Morgan fingerprint density at radius 1 is 1.24 bits per heavy atom. The van der Waals surface area contributed by atoms with Gasteiger partial charge in [0.05, 0.1) is 19.1 Å². The van der Waals surface area contributed by atoms with Crippen LogP contribution in [0.5, 0.6) is 0 Å². The lowest BCUT2D eigenvalue weighted by atomic mass is 10.1. The minimum atomic E-state index is -0.963. The lowest BCUT2D eigenvalue weighted by molar-refractivity contribution is -0.138. The number of thiophene rings is 1. The summed E-state index contributed by atoms with van der Waals surface area (Å²) in [6, 6.07) is 9.39. The number of carbonyl (C=O) groups excluding carboxylic acids is 1. The topological polar surface area (TPSA) is 69.6 Å². The first-order chi connectivity index (χ1) is 12.0. The molecule has 1 aromatic heterocycles. The van der Waals surface area contributed by atoms with E-state index in [9.17, 15) is 14.0 Å². The van der Waals surface area contributed by atoms with Crippen LogP contribution in [-0.4, -0.2) is 41.5 Å². The Labute approximate surface area is 150 Å². The minimum Gasteiger partial charge on any atom is -0.480 e. The van der Waals surface area contributed by atoms with E-state index in [0.29, 0.717) is 6.54 Å². The van der Waals surface area contributed by atoms with Crippen LogP contribution < -0.4 is 5.32 Å². The zero-order valence-corrected chi connectivity index (χ0v) is 14.8. The van der Waals surface area contributed by atoms with Crippen LogP contribution in [0, 0.1) is 5.82 Å². The average Bonchev–Trinajstić information content (AvgIpc) is 3.07. The number of hydrogen-bond acceptors (Lipinski definition) is 4. The molecule has 0 radical (unpaired) electrons. The van der Waals surface area contributed by atoms with Gasteiger partial charge in [0.2, 0.25) is 5.91 Å². The molecule has 2 rings (SSSR count). The monoisotopic (exact) mass is 364 g/mol. The maximum atomic E-state index is 13.2. The van der Waals surface area contributed by atoms with E-state index in [2.05, 4.69) is 5.32 Å². The molecule has 1 heterocycles. The Balaban J connectivity index is 2.12. The van der Waals surface area contributed by atoms with Crippen molar-refractivity contribution in [2.45, 2.75) is 19.4 Å². The van der Waals surface area contributed by atoms with E-state index in [1.807, 2.05) is 24.4 Å².